The summed E-state index contributed by atoms with van der Waals surface area (Å²) in [7, 11) is 3.74. The molecule has 132 valence electrons. The Kier molecular flexibility index (Phi) is 10.1. The molecule has 2 N–H and O–H groups in total. The zero-order valence-corrected chi connectivity index (χ0v) is 16.9. The van der Waals surface area contributed by atoms with Crippen LogP contribution < -0.4 is 10.6 Å². The fourth-order valence-corrected chi connectivity index (χ4v) is 2.45. The summed E-state index contributed by atoms with van der Waals surface area (Å²) in [5, 5.41) is 10.8. The van der Waals surface area contributed by atoms with Crippen LogP contribution in [0.4, 0.5) is 0 Å². The summed E-state index contributed by atoms with van der Waals surface area (Å²) >= 11 is 0. The van der Waals surface area contributed by atoms with Gasteiger partial charge in [0.2, 0.25) is 0 Å². The molecule has 0 aliphatic carbocycles. The highest BCUT2D eigenvalue weighted by Gasteiger charge is 2.01. The van der Waals surface area contributed by atoms with Crippen molar-refractivity contribution in [2.24, 2.45) is 12.0 Å². The fourth-order valence-electron chi connectivity index (χ4n) is 2.45. The van der Waals surface area contributed by atoms with Gasteiger partial charge in [0.15, 0.2) is 5.96 Å². The molecule has 0 spiro atoms. The van der Waals surface area contributed by atoms with E-state index in [0.717, 1.165) is 37.6 Å². The number of nitrogens with one attached hydrogen (secondary N) is 2. The molecule has 5 nitrogen and oxygen atoms in total. The van der Waals surface area contributed by atoms with Gasteiger partial charge >= 0.3 is 0 Å². The van der Waals surface area contributed by atoms with E-state index in [1.807, 2.05) is 17.8 Å². The average molecular weight is 441 g/mol. The number of aryl methyl sites for hydroxylation is 2. The predicted octanol–water partition coefficient (Wildman–Crippen LogP) is 3.12. The second-order valence-electron chi connectivity index (χ2n) is 5.59. The Morgan fingerprint density at radius 3 is 2.54 bits per heavy atom. The van der Waals surface area contributed by atoms with Crippen molar-refractivity contribution in [3.63, 3.8) is 0 Å². The molecule has 0 amide bonds. The molecule has 2 aromatic rings. The van der Waals surface area contributed by atoms with Crippen molar-refractivity contribution in [3.05, 3.63) is 53.9 Å². The van der Waals surface area contributed by atoms with Gasteiger partial charge in [-0.2, -0.15) is 5.10 Å². The Balaban J connectivity index is 0.00000288. The van der Waals surface area contributed by atoms with E-state index in [1.54, 1.807) is 13.2 Å². The smallest absolute Gasteiger partial charge is 0.191 e. The number of benzene rings is 1. The normalized spacial score (nSPS) is 11.0. The number of halogens is 1. The monoisotopic (exact) mass is 441 g/mol. The highest BCUT2D eigenvalue weighted by atomic mass is 127. The predicted molar refractivity (Wildman–Crippen MR) is 111 cm³/mol. The summed E-state index contributed by atoms with van der Waals surface area (Å²) in [5.41, 5.74) is 2.56. The number of aromatic nitrogens is 2. The van der Waals surface area contributed by atoms with Gasteiger partial charge in [-0.1, -0.05) is 36.8 Å². The van der Waals surface area contributed by atoms with E-state index >= 15 is 0 Å². The maximum absolute atomic E-state index is 4.25. The van der Waals surface area contributed by atoms with Gasteiger partial charge in [0, 0.05) is 26.8 Å². The largest absolute Gasteiger partial charge is 0.356 e. The number of guanidine groups is 1. The lowest BCUT2D eigenvalue weighted by molar-refractivity contribution is 0.648. The van der Waals surface area contributed by atoms with E-state index in [-0.39, 0.29) is 24.0 Å². The minimum Gasteiger partial charge on any atom is -0.356 e. The van der Waals surface area contributed by atoms with Gasteiger partial charge in [-0.25, -0.2) is 0 Å². The van der Waals surface area contributed by atoms with E-state index in [1.165, 1.54) is 18.4 Å². The van der Waals surface area contributed by atoms with E-state index in [4.69, 9.17) is 0 Å². The first-order valence-corrected chi connectivity index (χ1v) is 8.25. The Morgan fingerprint density at radius 1 is 1.08 bits per heavy atom. The highest BCUT2D eigenvalue weighted by molar-refractivity contribution is 14.0. The van der Waals surface area contributed by atoms with E-state index < -0.39 is 0 Å². The first kappa shape index (κ1) is 20.5. The third-order valence-electron chi connectivity index (χ3n) is 3.86. The van der Waals surface area contributed by atoms with Crippen LogP contribution in [0.2, 0.25) is 0 Å². The van der Waals surface area contributed by atoms with Crippen LogP contribution in [0.1, 0.15) is 30.5 Å². The molecule has 1 aromatic carbocycles. The van der Waals surface area contributed by atoms with Crippen molar-refractivity contribution in [3.8, 4) is 0 Å². The van der Waals surface area contributed by atoms with Gasteiger partial charge in [0.25, 0.3) is 0 Å². The molecule has 0 fully saturated rings. The second kappa shape index (κ2) is 11.9. The summed E-state index contributed by atoms with van der Waals surface area (Å²) in [6, 6.07) is 12.7. The molecule has 0 saturated carbocycles. The molecule has 0 atom stereocenters. The Bertz CT molecular complexity index is 594. The lowest BCUT2D eigenvalue weighted by Gasteiger charge is -2.12. The Labute approximate surface area is 162 Å². The molecule has 0 saturated heterocycles. The Morgan fingerprint density at radius 2 is 1.88 bits per heavy atom. The molecule has 2 rings (SSSR count). The number of unbranched alkanes of at least 4 members (excludes halogenated alkanes) is 2. The number of aliphatic imine (C=N–C) groups is 1. The molecule has 0 unspecified atom stereocenters. The van der Waals surface area contributed by atoms with Crippen LogP contribution >= 0.6 is 24.0 Å². The summed E-state index contributed by atoms with van der Waals surface area (Å²) in [5.74, 6) is 0.842. The van der Waals surface area contributed by atoms with Crippen molar-refractivity contribution in [2.75, 3.05) is 13.6 Å². The SMILES string of the molecule is CN=C(NCCCCCc1ccccc1)NCc1ccnn1C.I. The second-order valence-corrected chi connectivity index (χ2v) is 5.59. The quantitative estimate of drug-likeness (QED) is 0.287. The third-order valence-corrected chi connectivity index (χ3v) is 3.86. The summed E-state index contributed by atoms with van der Waals surface area (Å²) < 4.78 is 1.86. The van der Waals surface area contributed by atoms with E-state index in [2.05, 4.69) is 51.1 Å². The van der Waals surface area contributed by atoms with Crippen molar-refractivity contribution >= 4 is 29.9 Å². The summed E-state index contributed by atoms with van der Waals surface area (Å²) in [6.45, 7) is 1.67. The summed E-state index contributed by atoms with van der Waals surface area (Å²) in [4.78, 5) is 4.25. The van der Waals surface area contributed by atoms with Crippen LogP contribution in [0.25, 0.3) is 0 Å². The van der Waals surface area contributed by atoms with E-state index in [0.29, 0.717) is 0 Å². The van der Waals surface area contributed by atoms with Gasteiger partial charge in [-0.3, -0.25) is 9.67 Å². The standard InChI is InChI=1S/C18H27N5.HI/c1-19-18(21-15-17-12-14-22-23(17)2)20-13-8-4-7-11-16-9-5-3-6-10-16;/h3,5-6,9-10,12,14H,4,7-8,11,13,15H2,1-2H3,(H2,19,20,21);1H. The first-order valence-electron chi connectivity index (χ1n) is 8.25. The first-order chi connectivity index (χ1) is 11.3. The topological polar surface area (TPSA) is 54.2 Å². The maximum atomic E-state index is 4.25. The molecule has 0 aliphatic heterocycles. The molecule has 24 heavy (non-hydrogen) atoms. The zero-order valence-electron chi connectivity index (χ0n) is 14.5. The maximum Gasteiger partial charge on any atom is 0.191 e. The number of nitrogens with zero attached hydrogens (tertiary/aromatic N) is 3. The van der Waals surface area contributed by atoms with Gasteiger partial charge in [0.1, 0.15) is 0 Å². The van der Waals surface area contributed by atoms with E-state index in [9.17, 15) is 0 Å². The highest BCUT2D eigenvalue weighted by Crippen LogP contribution is 2.05. The molecule has 0 aliphatic rings. The van der Waals surface area contributed by atoms with Crippen molar-refractivity contribution in [1.29, 1.82) is 0 Å². The number of rotatable bonds is 8. The van der Waals surface area contributed by atoms with Crippen LogP contribution in [0.5, 0.6) is 0 Å². The molecule has 1 aromatic heterocycles. The molecular formula is C18H28IN5. The van der Waals surface area contributed by atoms with Crippen molar-refractivity contribution < 1.29 is 0 Å². The Hall–Kier alpha value is -1.57. The zero-order chi connectivity index (χ0) is 16.3. The van der Waals surface area contributed by atoms with Gasteiger partial charge < -0.3 is 10.6 Å². The minimum atomic E-state index is 0. The van der Waals surface area contributed by atoms with Crippen LogP contribution in [-0.2, 0) is 20.0 Å². The van der Waals surface area contributed by atoms with Crippen LogP contribution in [0, 0.1) is 0 Å². The lowest BCUT2D eigenvalue weighted by atomic mass is 10.1. The van der Waals surface area contributed by atoms with Crippen molar-refractivity contribution in [1.82, 2.24) is 20.4 Å². The molecule has 0 radical (unpaired) electrons. The summed E-state index contributed by atoms with van der Waals surface area (Å²) in [6.07, 6.45) is 6.57. The van der Waals surface area contributed by atoms with Crippen molar-refractivity contribution in [2.45, 2.75) is 32.2 Å². The lowest BCUT2D eigenvalue weighted by Crippen LogP contribution is -2.37. The minimum absolute atomic E-state index is 0. The molecule has 0 bridgehead atoms. The number of hydrogen-bond acceptors (Lipinski definition) is 2. The third kappa shape index (κ3) is 7.33. The molecular weight excluding hydrogens is 413 g/mol. The fraction of sp³-hybridized carbons (Fsp3) is 0.444. The molecule has 6 heteroatoms. The van der Waals surface area contributed by atoms with Crippen LogP contribution in [0.15, 0.2) is 47.6 Å². The van der Waals surface area contributed by atoms with Gasteiger partial charge in [-0.15, -0.1) is 24.0 Å². The van der Waals surface area contributed by atoms with Crippen LogP contribution in [0.3, 0.4) is 0 Å². The number of hydrogen-bond donors (Lipinski definition) is 2. The van der Waals surface area contributed by atoms with Gasteiger partial charge in [0.05, 0.1) is 12.2 Å². The average Bonchev–Trinajstić information content (AvgIpc) is 2.99. The van der Waals surface area contributed by atoms with Crippen LogP contribution in [-0.4, -0.2) is 29.3 Å². The molecule has 1 heterocycles. The van der Waals surface area contributed by atoms with Gasteiger partial charge in [-0.05, 0) is 30.9 Å².